The van der Waals surface area contributed by atoms with Crippen LogP contribution in [0.4, 0.5) is 0 Å². The molecule has 0 bridgehead atoms. The number of nitrogens with zero attached hydrogens (tertiary/aromatic N) is 1. The molecule has 1 saturated heterocycles. The van der Waals surface area contributed by atoms with E-state index >= 15 is 0 Å². The summed E-state index contributed by atoms with van der Waals surface area (Å²) >= 11 is 0. The molecular formula is C15H23NO3. The minimum absolute atomic E-state index is 0.190. The van der Waals surface area contributed by atoms with Gasteiger partial charge in [0.15, 0.2) is 0 Å². The van der Waals surface area contributed by atoms with Crippen LogP contribution in [-0.2, 0) is 4.74 Å². The molecule has 1 aromatic rings. The van der Waals surface area contributed by atoms with E-state index in [9.17, 15) is 5.11 Å². The van der Waals surface area contributed by atoms with Crippen LogP contribution >= 0.6 is 0 Å². The number of benzene rings is 1. The lowest BCUT2D eigenvalue weighted by molar-refractivity contribution is -0.0850. The molecule has 0 amide bonds. The monoisotopic (exact) mass is 265 g/mol. The van der Waals surface area contributed by atoms with Crippen LogP contribution < -0.4 is 4.74 Å². The number of para-hydroxylation sites is 1. The minimum atomic E-state index is -0.643. The maximum absolute atomic E-state index is 10.5. The number of likely N-dealkylation sites (N-methyl/N-ethyl adjacent to an activating group) is 1. The van der Waals surface area contributed by atoms with Gasteiger partial charge in [0.05, 0.1) is 13.2 Å². The number of ether oxygens (including phenoxy) is 2. The average molecular weight is 265 g/mol. The van der Waals surface area contributed by atoms with Gasteiger partial charge in [0.2, 0.25) is 0 Å². The molecule has 1 aliphatic heterocycles. The Hall–Kier alpha value is -1.10. The number of hydrogen-bond acceptors (Lipinski definition) is 4. The highest BCUT2D eigenvalue weighted by atomic mass is 16.5. The Labute approximate surface area is 114 Å². The van der Waals surface area contributed by atoms with Crippen LogP contribution in [0.1, 0.15) is 25.0 Å². The largest absolute Gasteiger partial charge is 0.493 e. The van der Waals surface area contributed by atoms with Gasteiger partial charge in [-0.2, -0.15) is 0 Å². The fraction of sp³-hybridized carbons (Fsp3) is 0.600. The van der Waals surface area contributed by atoms with E-state index in [0.29, 0.717) is 13.2 Å². The van der Waals surface area contributed by atoms with E-state index in [1.807, 2.05) is 31.3 Å². The van der Waals surface area contributed by atoms with E-state index in [1.54, 1.807) is 0 Å². The van der Waals surface area contributed by atoms with Gasteiger partial charge < -0.3 is 19.5 Å². The van der Waals surface area contributed by atoms with E-state index in [0.717, 1.165) is 30.8 Å². The van der Waals surface area contributed by atoms with Crippen LogP contribution in [0.2, 0.25) is 0 Å². The SMILES string of the molecule is CCCOc1ccccc1C(O)C1CN(C)CCO1. The highest BCUT2D eigenvalue weighted by molar-refractivity contribution is 5.35. The van der Waals surface area contributed by atoms with Gasteiger partial charge in [-0.3, -0.25) is 0 Å². The first-order valence-electron chi connectivity index (χ1n) is 6.92. The standard InChI is InChI=1S/C15H23NO3/c1-3-9-18-13-7-5-4-6-12(13)15(17)14-11-16(2)8-10-19-14/h4-7,14-15,17H,3,8-11H2,1-2H3. The second kappa shape index (κ2) is 6.89. The van der Waals surface area contributed by atoms with Gasteiger partial charge in [-0.15, -0.1) is 0 Å². The van der Waals surface area contributed by atoms with Crippen LogP contribution in [0.15, 0.2) is 24.3 Å². The quantitative estimate of drug-likeness (QED) is 0.882. The Bertz CT molecular complexity index is 397. The lowest BCUT2D eigenvalue weighted by Gasteiger charge is -2.33. The Morgan fingerprint density at radius 2 is 2.26 bits per heavy atom. The summed E-state index contributed by atoms with van der Waals surface area (Å²) in [6.07, 6.45) is 0.119. The van der Waals surface area contributed by atoms with Crippen molar-refractivity contribution in [3.63, 3.8) is 0 Å². The summed E-state index contributed by atoms with van der Waals surface area (Å²) in [6.45, 7) is 5.05. The van der Waals surface area contributed by atoms with Gasteiger partial charge >= 0.3 is 0 Å². The fourth-order valence-electron chi connectivity index (χ4n) is 2.27. The van der Waals surface area contributed by atoms with Crippen LogP contribution in [0, 0.1) is 0 Å². The van der Waals surface area contributed by atoms with E-state index in [4.69, 9.17) is 9.47 Å². The molecule has 1 heterocycles. The molecule has 1 aliphatic rings. The van der Waals surface area contributed by atoms with Crippen molar-refractivity contribution in [3.8, 4) is 5.75 Å². The molecular weight excluding hydrogens is 242 g/mol. The Morgan fingerprint density at radius 1 is 1.47 bits per heavy atom. The van der Waals surface area contributed by atoms with E-state index in [-0.39, 0.29) is 6.10 Å². The molecule has 1 fully saturated rings. The first kappa shape index (κ1) is 14.3. The summed E-state index contributed by atoms with van der Waals surface area (Å²) in [6, 6.07) is 7.66. The first-order valence-corrected chi connectivity index (χ1v) is 6.92. The van der Waals surface area contributed by atoms with E-state index < -0.39 is 6.10 Å². The van der Waals surface area contributed by atoms with Crippen molar-refractivity contribution in [2.75, 3.05) is 33.4 Å². The summed E-state index contributed by atoms with van der Waals surface area (Å²) in [4.78, 5) is 2.17. The predicted octanol–water partition coefficient (Wildman–Crippen LogP) is 1.84. The van der Waals surface area contributed by atoms with Gasteiger partial charge in [-0.1, -0.05) is 25.1 Å². The number of aliphatic hydroxyl groups excluding tert-OH is 1. The zero-order chi connectivity index (χ0) is 13.7. The fourth-order valence-corrected chi connectivity index (χ4v) is 2.27. The van der Waals surface area contributed by atoms with Gasteiger partial charge in [0.25, 0.3) is 0 Å². The molecule has 0 radical (unpaired) electrons. The van der Waals surface area contributed by atoms with Gasteiger partial charge in [-0.25, -0.2) is 0 Å². The van der Waals surface area contributed by atoms with E-state index in [1.165, 1.54) is 0 Å². The van der Waals surface area contributed by atoms with Crippen LogP contribution in [0.3, 0.4) is 0 Å². The predicted molar refractivity (Wildman–Crippen MR) is 74.4 cm³/mol. The summed E-state index contributed by atoms with van der Waals surface area (Å²) < 4.78 is 11.4. The molecule has 19 heavy (non-hydrogen) atoms. The molecule has 2 unspecified atom stereocenters. The zero-order valence-electron chi connectivity index (χ0n) is 11.7. The molecule has 0 spiro atoms. The van der Waals surface area contributed by atoms with Crippen LogP contribution in [0.5, 0.6) is 5.75 Å². The molecule has 4 nitrogen and oxygen atoms in total. The minimum Gasteiger partial charge on any atom is -0.493 e. The topological polar surface area (TPSA) is 41.9 Å². The third-order valence-corrected chi connectivity index (χ3v) is 3.35. The number of morpholine rings is 1. The third kappa shape index (κ3) is 3.69. The maximum Gasteiger partial charge on any atom is 0.125 e. The molecule has 0 aliphatic carbocycles. The second-order valence-corrected chi connectivity index (χ2v) is 5.00. The Morgan fingerprint density at radius 3 is 3.00 bits per heavy atom. The molecule has 4 heteroatoms. The average Bonchev–Trinajstić information content (AvgIpc) is 2.44. The summed E-state index contributed by atoms with van der Waals surface area (Å²) in [5.74, 6) is 0.758. The van der Waals surface area contributed by atoms with Crippen molar-refractivity contribution >= 4 is 0 Å². The van der Waals surface area contributed by atoms with Crippen molar-refractivity contribution in [1.29, 1.82) is 0 Å². The van der Waals surface area contributed by atoms with Gasteiger partial charge in [0.1, 0.15) is 18.0 Å². The highest BCUT2D eigenvalue weighted by Gasteiger charge is 2.28. The van der Waals surface area contributed by atoms with Gasteiger partial charge in [0, 0.05) is 18.7 Å². The molecule has 2 rings (SSSR count). The van der Waals surface area contributed by atoms with Crippen molar-refractivity contribution < 1.29 is 14.6 Å². The number of hydrogen-bond donors (Lipinski definition) is 1. The van der Waals surface area contributed by atoms with Crippen LogP contribution in [-0.4, -0.2) is 49.5 Å². The normalized spacial score (nSPS) is 22.2. The molecule has 2 atom stereocenters. The lowest BCUT2D eigenvalue weighted by atomic mass is 10.0. The molecule has 0 aromatic heterocycles. The van der Waals surface area contributed by atoms with Crippen molar-refractivity contribution in [2.24, 2.45) is 0 Å². The van der Waals surface area contributed by atoms with E-state index in [2.05, 4.69) is 11.8 Å². The Kier molecular flexibility index (Phi) is 5.19. The Balaban J connectivity index is 2.11. The van der Waals surface area contributed by atoms with Gasteiger partial charge in [-0.05, 0) is 19.5 Å². The highest BCUT2D eigenvalue weighted by Crippen LogP contribution is 2.29. The molecule has 106 valence electrons. The van der Waals surface area contributed by atoms with Crippen LogP contribution in [0.25, 0.3) is 0 Å². The zero-order valence-corrected chi connectivity index (χ0v) is 11.7. The smallest absolute Gasteiger partial charge is 0.125 e. The summed E-state index contributed by atoms with van der Waals surface area (Å²) in [7, 11) is 2.04. The van der Waals surface area contributed by atoms with Crippen molar-refractivity contribution in [1.82, 2.24) is 4.90 Å². The number of rotatable bonds is 5. The van der Waals surface area contributed by atoms with Crippen molar-refractivity contribution in [3.05, 3.63) is 29.8 Å². The molecule has 0 saturated carbocycles. The van der Waals surface area contributed by atoms with Crippen molar-refractivity contribution in [2.45, 2.75) is 25.6 Å². The third-order valence-electron chi connectivity index (χ3n) is 3.35. The number of aliphatic hydroxyl groups is 1. The molecule has 1 N–H and O–H groups in total. The lowest BCUT2D eigenvalue weighted by Crippen LogP contribution is -2.43. The second-order valence-electron chi connectivity index (χ2n) is 5.00. The summed E-state index contributed by atoms with van der Waals surface area (Å²) in [5.41, 5.74) is 0.816. The molecule has 1 aromatic carbocycles. The summed E-state index contributed by atoms with van der Waals surface area (Å²) in [5, 5.41) is 10.5. The maximum atomic E-state index is 10.5. The first-order chi connectivity index (χ1) is 9.22.